The van der Waals surface area contributed by atoms with E-state index in [2.05, 4.69) is 21.3 Å². The highest BCUT2D eigenvalue weighted by Gasteiger charge is 2.43. The second-order valence-electron chi connectivity index (χ2n) is 9.31. The minimum atomic E-state index is -4.70. The number of aliphatic hydroxyl groups is 1. The smallest absolute Gasteiger partial charge is 0.395 e. The van der Waals surface area contributed by atoms with Crippen LogP contribution in [0, 0.1) is 0 Å². The normalized spacial score (nSPS) is 18.0. The molecule has 1 atom stereocenters. The van der Waals surface area contributed by atoms with Crippen LogP contribution >= 0.6 is 0 Å². The van der Waals surface area contributed by atoms with Crippen molar-refractivity contribution in [2.75, 3.05) is 26.4 Å². The number of hydrogen-bond donors (Lipinski definition) is 1. The van der Waals surface area contributed by atoms with Crippen LogP contribution in [0.1, 0.15) is 22.3 Å². The van der Waals surface area contributed by atoms with E-state index in [1.807, 2.05) is 12.1 Å². The third-order valence-electron chi connectivity index (χ3n) is 7.03. The van der Waals surface area contributed by atoms with E-state index in [-0.39, 0.29) is 35.4 Å². The van der Waals surface area contributed by atoms with Gasteiger partial charge in [-0.1, -0.05) is 58.8 Å². The lowest BCUT2D eigenvalue weighted by molar-refractivity contribution is -0.136. The Morgan fingerprint density at radius 2 is 1.76 bits per heavy atom. The Labute approximate surface area is 210 Å². The maximum Gasteiger partial charge on any atom is 0.422 e. The Balaban J connectivity index is 1.34. The Hall–Kier alpha value is -3.47. The van der Waals surface area contributed by atoms with E-state index in [0.29, 0.717) is 43.9 Å². The molecule has 1 fully saturated rings. The molecule has 0 amide bonds. The second-order valence-corrected chi connectivity index (χ2v) is 9.31. The van der Waals surface area contributed by atoms with Gasteiger partial charge < -0.3 is 18.9 Å². The van der Waals surface area contributed by atoms with Gasteiger partial charge in [0.1, 0.15) is 11.3 Å². The van der Waals surface area contributed by atoms with Crippen molar-refractivity contribution in [3.63, 3.8) is 0 Å². The van der Waals surface area contributed by atoms with E-state index in [1.54, 1.807) is 30.3 Å². The summed E-state index contributed by atoms with van der Waals surface area (Å²) in [5, 5.41) is 17.6. The van der Waals surface area contributed by atoms with Crippen molar-refractivity contribution in [2.24, 2.45) is 0 Å². The number of aryl methyl sites for hydroxylation is 1. The van der Waals surface area contributed by atoms with Gasteiger partial charge in [0.25, 0.3) is 0 Å². The quantitative estimate of drug-likeness (QED) is 0.405. The lowest BCUT2D eigenvalue weighted by Gasteiger charge is -2.34. The van der Waals surface area contributed by atoms with Gasteiger partial charge in [-0.05, 0) is 24.0 Å². The van der Waals surface area contributed by atoms with Crippen LogP contribution in [0.3, 0.4) is 0 Å². The van der Waals surface area contributed by atoms with Crippen LogP contribution in [0.5, 0.6) is 0 Å². The molecule has 3 heterocycles. The van der Waals surface area contributed by atoms with Crippen molar-refractivity contribution in [2.45, 2.75) is 31.6 Å². The van der Waals surface area contributed by atoms with Crippen molar-refractivity contribution in [1.29, 1.82) is 0 Å². The molecule has 1 saturated heterocycles. The number of halogens is 3. The number of aromatic nitrogens is 2. The molecule has 37 heavy (non-hydrogen) atoms. The molecule has 192 valence electrons. The van der Waals surface area contributed by atoms with Gasteiger partial charge in [0, 0.05) is 29.8 Å². The third kappa shape index (κ3) is 4.35. The highest BCUT2D eigenvalue weighted by molar-refractivity contribution is 5.79. The lowest BCUT2D eigenvalue weighted by atomic mass is 9.87. The van der Waals surface area contributed by atoms with Crippen LogP contribution in [-0.4, -0.2) is 52.7 Å². The molecule has 2 aliphatic rings. The van der Waals surface area contributed by atoms with Gasteiger partial charge in [-0.3, -0.25) is 4.90 Å². The number of ether oxygens (including phenoxy) is 1. The molecule has 4 aromatic rings. The average Bonchev–Trinajstić information content (AvgIpc) is 3.54. The van der Waals surface area contributed by atoms with Crippen molar-refractivity contribution >= 4 is 0 Å². The van der Waals surface area contributed by atoms with Gasteiger partial charge in [-0.2, -0.15) is 13.2 Å². The van der Waals surface area contributed by atoms with Crippen LogP contribution < -0.4 is 0 Å². The van der Waals surface area contributed by atoms with Gasteiger partial charge in [0.05, 0.1) is 25.9 Å². The Bertz CT molecular complexity index is 1410. The maximum atomic E-state index is 14.2. The molecule has 1 unspecified atom stereocenters. The summed E-state index contributed by atoms with van der Waals surface area (Å²) >= 11 is 0. The second kappa shape index (κ2) is 9.44. The zero-order chi connectivity index (χ0) is 25.6. The summed E-state index contributed by atoms with van der Waals surface area (Å²) in [5.41, 5.74) is 3.02. The number of nitrogens with zero attached hydrogens (tertiary/aromatic N) is 3. The van der Waals surface area contributed by atoms with Crippen LogP contribution in [0.2, 0.25) is 0 Å². The largest absolute Gasteiger partial charge is 0.422 e. The van der Waals surface area contributed by atoms with Crippen molar-refractivity contribution in [3.05, 3.63) is 70.8 Å². The van der Waals surface area contributed by atoms with E-state index < -0.39 is 11.7 Å². The molecule has 0 spiro atoms. The summed E-state index contributed by atoms with van der Waals surface area (Å²) in [5.74, 6) is -0.361. The van der Waals surface area contributed by atoms with Crippen LogP contribution in [0.15, 0.2) is 57.6 Å². The summed E-state index contributed by atoms with van der Waals surface area (Å²) in [4.78, 5) is 2.20. The van der Waals surface area contributed by atoms with E-state index in [9.17, 15) is 18.3 Å². The summed E-state index contributed by atoms with van der Waals surface area (Å²) in [6.45, 7) is 2.57. The number of rotatable bonds is 5. The fraction of sp³-hybridized carbons (Fsp3) is 0.333. The molecule has 0 radical (unpaired) electrons. The van der Waals surface area contributed by atoms with Crippen LogP contribution in [-0.2, 0) is 30.3 Å². The summed E-state index contributed by atoms with van der Waals surface area (Å²) in [7, 11) is 0. The van der Waals surface area contributed by atoms with Crippen molar-refractivity contribution in [1.82, 2.24) is 15.2 Å². The fourth-order valence-electron chi connectivity index (χ4n) is 5.18. The minimum Gasteiger partial charge on any atom is -0.395 e. The fourth-order valence-corrected chi connectivity index (χ4v) is 5.18. The van der Waals surface area contributed by atoms with E-state index in [0.717, 1.165) is 23.2 Å². The molecule has 2 aromatic carbocycles. The molecular formula is C27H24F3N3O4. The summed E-state index contributed by atoms with van der Waals surface area (Å²) in [6, 6.07) is 14.1. The van der Waals surface area contributed by atoms with Crippen molar-refractivity contribution < 1.29 is 32.1 Å². The monoisotopic (exact) mass is 511 g/mol. The first kappa shape index (κ1) is 23.9. The van der Waals surface area contributed by atoms with E-state index >= 15 is 0 Å². The SMILES string of the molecule is OCC1COCCN1Cc1ccc2c(c1)CCc1c-2noc1-c1noc(-c2ccccc2)c1C(F)(F)F. The first-order valence-electron chi connectivity index (χ1n) is 12.1. The zero-order valence-electron chi connectivity index (χ0n) is 19.8. The zero-order valence-corrected chi connectivity index (χ0v) is 19.8. The summed E-state index contributed by atoms with van der Waals surface area (Å²) in [6.07, 6.45) is -3.61. The van der Waals surface area contributed by atoms with Gasteiger partial charge in [-0.25, -0.2) is 0 Å². The molecule has 10 heteroatoms. The molecule has 1 aliphatic heterocycles. The number of morpholine rings is 1. The first-order chi connectivity index (χ1) is 17.9. The topological polar surface area (TPSA) is 84.8 Å². The van der Waals surface area contributed by atoms with Crippen LogP contribution in [0.25, 0.3) is 34.0 Å². The maximum absolute atomic E-state index is 14.2. The Morgan fingerprint density at radius 3 is 2.54 bits per heavy atom. The third-order valence-corrected chi connectivity index (χ3v) is 7.03. The van der Waals surface area contributed by atoms with Gasteiger partial charge >= 0.3 is 6.18 Å². The molecule has 0 saturated carbocycles. The number of fused-ring (bicyclic) bond motifs is 3. The predicted molar refractivity (Wildman–Crippen MR) is 127 cm³/mol. The molecular weight excluding hydrogens is 487 g/mol. The van der Waals surface area contributed by atoms with Gasteiger partial charge in [0.2, 0.25) is 0 Å². The number of alkyl halides is 3. The first-order valence-corrected chi connectivity index (χ1v) is 12.1. The van der Waals surface area contributed by atoms with Gasteiger partial charge in [-0.15, -0.1) is 0 Å². The number of hydrogen-bond acceptors (Lipinski definition) is 7. The van der Waals surface area contributed by atoms with E-state index in [1.165, 1.54) is 0 Å². The molecule has 6 rings (SSSR count). The predicted octanol–water partition coefficient (Wildman–Crippen LogP) is 4.97. The Morgan fingerprint density at radius 1 is 0.973 bits per heavy atom. The Kier molecular flexibility index (Phi) is 6.10. The average molecular weight is 512 g/mol. The summed E-state index contributed by atoms with van der Waals surface area (Å²) < 4.78 is 58.7. The minimum absolute atomic E-state index is 0.0120. The highest BCUT2D eigenvalue weighted by atomic mass is 19.4. The van der Waals surface area contributed by atoms with E-state index in [4.69, 9.17) is 13.8 Å². The molecule has 1 aliphatic carbocycles. The molecule has 7 nitrogen and oxygen atoms in total. The molecule has 1 N–H and O–H groups in total. The number of benzene rings is 2. The highest BCUT2D eigenvalue weighted by Crippen LogP contribution is 2.46. The van der Waals surface area contributed by atoms with Crippen LogP contribution in [0.4, 0.5) is 13.2 Å². The lowest BCUT2D eigenvalue weighted by Crippen LogP contribution is -2.46. The van der Waals surface area contributed by atoms with Gasteiger partial charge in [0.15, 0.2) is 17.2 Å². The molecule has 0 bridgehead atoms. The number of aliphatic hydroxyl groups excluding tert-OH is 1. The standard InChI is InChI=1S/C27H24F3N3O4/c28-27(29,30)22-24(32-36-25(22)17-4-2-1-3-5-17)26-21-9-7-18-12-16(6-8-20(18)23(21)31-37-26)13-33-10-11-35-15-19(33)14-34/h1-6,8,12,19,34H,7,9-11,13-15H2. The van der Waals surface area contributed by atoms with Crippen molar-refractivity contribution in [3.8, 4) is 34.0 Å². The molecule has 2 aromatic heterocycles.